The fourth-order valence-corrected chi connectivity index (χ4v) is 2.35. The van der Waals surface area contributed by atoms with Crippen LogP contribution in [0.2, 0.25) is 5.02 Å². The SMILES string of the molecule is CCC(C)(C)c1ccc(OC2CCNC2)c(Cl)c1.Cl. The Morgan fingerprint density at radius 3 is 2.68 bits per heavy atom. The van der Waals surface area contributed by atoms with Gasteiger partial charge in [0, 0.05) is 6.54 Å². The molecule has 0 radical (unpaired) electrons. The van der Waals surface area contributed by atoms with Crippen molar-refractivity contribution in [2.45, 2.75) is 45.1 Å². The molecule has 1 aromatic rings. The summed E-state index contributed by atoms with van der Waals surface area (Å²) in [5.74, 6) is 0.806. The van der Waals surface area contributed by atoms with E-state index in [1.54, 1.807) is 0 Å². The van der Waals surface area contributed by atoms with E-state index in [0.29, 0.717) is 0 Å². The van der Waals surface area contributed by atoms with Gasteiger partial charge in [0.05, 0.1) is 5.02 Å². The van der Waals surface area contributed by atoms with Crippen LogP contribution in [0.1, 0.15) is 39.2 Å². The zero-order valence-corrected chi connectivity index (χ0v) is 13.4. The van der Waals surface area contributed by atoms with E-state index in [9.17, 15) is 0 Å². The van der Waals surface area contributed by atoms with E-state index in [1.807, 2.05) is 12.1 Å². The minimum absolute atomic E-state index is 0. The standard InChI is InChI=1S/C15H22ClNO.ClH/c1-4-15(2,3)11-5-6-14(13(16)9-11)18-12-7-8-17-10-12;/h5-6,9,12,17H,4,7-8,10H2,1-3H3;1H. The molecule has 1 aliphatic rings. The molecule has 1 atom stereocenters. The zero-order valence-electron chi connectivity index (χ0n) is 11.8. The summed E-state index contributed by atoms with van der Waals surface area (Å²) >= 11 is 6.33. The van der Waals surface area contributed by atoms with E-state index in [4.69, 9.17) is 16.3 Å². The van der Waals surface area contributed by atoms with Crippen LogP contribution in [0.25, 0.3) is 0 Å². The van der Waals surface area contributed by atoms with Gasteiger partial charge in [-0.15, -0.1) is 12.4 Å². The number of hydrogen-bond acceptors (Lipinski definition) is 2. The first-order valence-corrected chi connectivity index (χ1v) is 7.08. The summed E-state index contributed by atoms with van der Waals surface area (Å²) in [5.41, 5.74) is 1.43. The van der Waals surface area contributed by atoms with Crippen molar-refractivity contribution in [3.05, 3.63) is 28.8 Å². The lowest BCUT2D eigenvalue weighted by Crippen LogP contribution is -2.20. The van der Waals surface area contributed by atoms with Crippen LogP contribution in [-0.4, -0.2) is 19.2 Å². The fraction of sp³-hybridized carbons (Fsp3) is 0.600. The highest BCUT2D eigenvalue weighted by Crippen LogP contribution is 2.33. The molecule has 0 spiro atoms. The average Bonchev–Trinajstić information content (AvgIpc) is 2.84. The molecule has 0 bridgehead atoms. The van der Waals surface area contributed by atoms with Gasteiger partial charge in [-0.25, -0.2) is 0 Å². The van der Waals surface area contributed by atoms with Crippen LogP contribution in [0, 0.1) is 0 Å². The molecule has 0 aromatic heterocycles. The minimum atomic E-state index is 0. The average molecular weight is 304 g/mol. The van der Waals surface area contributed by atoms with Crippen molar-refractivity contribution >= 4 is 24.0 Å². The maximum atomic E-state index is 6.33. The van der Waals surface area contributed by atoms with Gasteiger partial charge in [-0.2, -0.15) is 0 Å². The molecular formula is C15H23Cl2NO. The molecule has 4 heteroatoms. The molecular weight excluding hydrogens is 281 g/mol. The van der Waals surface area contributed by atoms with E-state index in [1.165, 1.54) is 5.56 Å². The summed E-state index contributed by atoms with van der Waals surface area (Å²) in [6, 6.07) is 6.18. The molecule has 2 nitrogen and oxygen atoms in total. The molecule has 1 heterocycles. The highest BCUT2D eigenvalue weighted by Gasteiger charge is 2.21. The van der Waals surface area contributed by atoms with Crippen molar-refractivity contribution in [2.24, 2.45) is 0 Å². The largest absolute Gasteiger partial charge is 0.487 e. The molecule has 1 fully saturated rings. The molecule has 2 rings (SSSR count). The van der Waals surface area contributed by atoms with Crippen LogP contribution in [0.5, 0.6) is 5.75 Å². The molecule has 1 unspecified atom stereocenters. The highest BCUT2D eigenvalue weighted by atomic mass is 35.5. The second-order valence-corrected chi connectivity index (χ2v) is 6.02. The van der Waals surface area contributed by atoms with E-state index in [0.717, 1.165) is 36.7 Å². The van der Waals surface area contributed by atoms with Crippen LogP contribution in [0.15, 0.2) is 18.2 Å². The van der Waals surface area contributed by atoms with Crippen LogP contribution in [0.3, 0.4) is 0 Å². The Balaban J connectivity index is 0.00000180. The predicted octanol–water partition coefficient (Wildman–Crippen LogP) is 4.19. The number of benzene rings is 1. The summed E-state index contributed by atoms with van der Waals surface area (Å²) in [5, 5.41) is 4.01. The maximum absolute atomic E-state index is 6.33. The minimum Gasteiger partial charge on any atom is -0.487 e. The topological polar surface area (TPSA) is 21.3 Å². The Labute approximate surface area is 127 Å². The summed E-state index contributed by atoms with van der Waals surface area (Å²) in [4.78, 5) is 0. The predicted molar refractivity (Wildman–Crippen MR) is 83.9 cm³/mol. The first-order chi connectivity index (χ1) is 8.53. The molecule has 1 saturated heterocycles. The van der Waals surface area contributed by atoms with Gasteiger partial charge in [0.1, 0.15) is 11.9 Å². The van der Waals surface area contributed by atoms with Gasteiger partial charge in [0.2, 0.25) is 0 Å². The number of hydrogen-bond donors (Lipinski definition) is 1. The Kier molecular flexibility index (Phi) is 5.97. The van der Waals surface area contributed by atoms with Gasteiger partial charge >= 0.3 is 0 Å². The Morgan fingerprint density at radius 2 is 2.16 bits per heavy atom. The van der Waals surface area contributed by atoms with Crippen molar-refractivity contribution in [1.29, 1.82) is 0 Å². The Hall–Kier alpha value is -0.440. The lowest BCUT2D eigenvalue weighted by molar-refractivity contribution is 0.223. The second kappa shape index (κ2) is 6.83. The maximum Gasteiger partial charge on any atom is 0.138 e. The monoisotopic (exact) mass is 303 g/mol. The van der Waals surface area contributed by atoms with Crippen molar-refractivity contribution < 1.29 is 4.74 Å². The highest BCUT2D eigenvalue weighted by molar-refractivity contribution is 6.32. The third-order valence-corrected chi connectivity index (χ3v) is 4.20. The van der Waals surface area contributed by atoms with Gasteiger partial charge in [0.15, 0.2) is 0 Å². The van der Waals surface area contributed by atoms with Crippen LogP contribution >= 0.6 is 24.0 Å². The van der Waals surface area contributed by atoms with Crippen molar-refractivity contribution in [1.82, 2.24) is 5.32 Å². The van der Waals surface area contributed by atoms with Gasteiger partial charge in [-0.3, -0.25) is 0 Å². The molecule has 0 amide bonds. The van der Waals surface area contributed by atoms with Gasteiger partial charge in [0.25, 0.3) is 0 Å². The van der Waals surface area contributed by atoms with Gasteiger partial charge < -0.3 is 10.1 Å². The summed E-state index contributed by atoms with van der Waals surface area (Å²) in [7, 11) is 0. The molecule has 108 valence electrons. The molecule has 1 aliphatic heterocycles. The first kappa shape index (κ1) is 16.6. The number of halogens is 2. The van der Waals surface area contributed by atoms with Crippen molar-refractivity contribution in [3.8, 4) is 5.75 Å². The van der Waals surface area contributed by atoms with E-state index >= 15 is 0 Å². The molecule has 19 heavy (non-hydrogen) atoms. The number of ether oxygens (including phenoxy) is 1. The zero-order chi connectivity index (χ0) is 13.2. The Bertz CT molecular complexity index is 415. The quantitative estimate of drug-likeness (QED) is 0.900. The summed E-state index contributed by atoms with van der Waals surface area (Å²) in [6.07, 6.45) is 2.40. The number of nitrogens with one attached hydrogen (secondary N) is 1. The van der Waals surface area contributed by atoms with E-state index in [2.05, 4.69) is 32.2 Å². The summed E-state index contributed by atoms with van der Waals surface area (Å²) < 4.78 is 5.91. The van der Waals surface area contributed by atoms with Crippen LogP contribution in [-0.2, 0) is 5.41 Å². The van der Waals surface area contributed by atoms with E-state index in [-0.39, 0.29) is 23.9 Å². The summed E-state index contributed by atoms with van der Waals surface area (Å²) in [6.45, 7) is 8.62. The van der Waals surface area contributed by atoms with Gasteiger partial charge in [-0.05, 0) is 42.5 Å². The smallest absolute Gasteiger partial charge is 0.138 e. The first-order valence-electron chi connectivity index (χ1n) is 6.70. The Morgan fingerprint density at radius 1 is 1.42 bits per heavy atom. The van der Waals surface area contributed by atoms with Crippen molar-refractivity contribution in [3.63, 3.8) is 0 Å². The lowest BCUT2D eigenvalue weighted by atomic mass is 9.82. The molecule has 1 aromatic carbocycles. The van der Waals surface area contributed by atoms with Crippen molar-refractivity contribution in [2.75, 3.05) is 13.1 Å². The van der Waals surface area contributed by atoms with Gasteiger partial charge in [-0.1, -0.05) is 38.4 Å². The number of rotatable bonds is 4. The molecule has 0 aliphatic carbocycles. The fourth-order valence-electron chi connectivity index (χ4n) is 2.13. The molecule has 0 saturated carbocycles. The van der Waals surface area contributed by atoms with E-state index < -0.39 is 0 Å². The molecule has 1 N–H and O–H groups in total. The normalized spacial score (nSPS) is 19.1. The third kappa shape index (κ3) is 4.01. The second-order valence-electron chi connectivity index (χ2n) is 5.62. The van der Waals surface area contributed by atoms with Crippen LogP contribution in [0.4, 0.5) is 0 Å². The van der Waals surface area contributed by atoms with Crippen LogP contribution < -0.4 is 10.1 Å². The third-order valence-electron chi connectivity index (χ3n) is 3.91. The lowest BCUT2D eigenvalue weighted by Gasteiger charge is -2.24.